The van der Waals surface area contributed by atoms with E-state index in [9.17, 15) is 58.2 Å². The molecular formula is C33H57N11O13. The molecule has 0 aromatic carbocycles. The van der Waals surface area contributed by atoms with Gasteiger partial charge in [-0.05, 0) is 44.9 Å². The molecule has 0 spiro atoms. The monoisotopic (exact) mass is 815 g/mol. The Kier molecular flexibility index (Phi) is 22.5. The van der Waals surface area contributed by atoms with Crippen LogP contribution < -0.4 is 54.0 Å². The molecule has 0 aromatic heterocycles. The van der Waals surface area contributed by atoms with Crippen molar-refractivity contribution in [3.05, 3.63) is 0 Å². The van der Waals surface area contributed by atoms with Gasteiger partial charge in [0.1, 0.15) is 36.3 Å². The van der Waals surface area contributed by atoms with Gasteiger partial charge in [-0.25, -0.2) is 4.79 Å². The molecule has 24 heteroatoms. The molecular weight excluding hydrogens is 758 g/mol. The summed E-state index contributed by atoms with van der Waals surface area (Å²) >= 11 is 0. The largest absolute Gasteiger partial charge is 0.481 e. The number of carboxylic acids is 3. The minimum absolute atomic E-state index is 0.00931. The first-order valence-corrected chi connectivity index (χ1v) is 17.9. The van der Waals surface area contributed by atoms with Crippen molar-refractivity contribution in [3.8, 4) is 0 Å². The molecule has 0 saturated heterocycles. The molecule has 24 nitrogen and oxygen atoms in total. The summed E-state index contributed by atoms with van der Waals surface area (Å²) < 4.78 is 0. The number of nitrogens with two attached hydrogens (primary N) is 2. The lowest BCUT2D eigenvalue weighted by molar-refractivity contribution is -0.143. The summed E-state index contributed by atoms with van der Waals surface area (Å²) in [5, 5.41) is 53.7. The molecule has 16 N–H and O–H groups in total. The van der Waals surface area contributed by atoms with Crippen LogP contribution in [0.3, 0.4) is 0 Å². The van der Waals surface area contributed by atoms with Gasteiger partial charge in [0.2, 0.25) is 41.4 Å². The van der Waals surface area contributed by atoms with Crippen LogP contribution in [0.5, 0.6) is 0 Å². The molecule has 0 heterocycles. The molecule has 0 aromatic rings. The van der Waals surface area contributed by atoms with Crippen LogP contribution in [-0.2, 0) is 47.9 Å². The average Bonchev–Trinajstić information content (AvgIpc) is 3.08. The average molecular weight is 816 g/mol. The molecule has 0 unspecified atom stereocenters. The fraction of sp³-hybridized carbons (Fsp3) is 0.667. The van der Waals surface area contributed by atoms with Crippen molar-refractivity contribution in [2.24, 2.45) is 23.3 Å². The highest BCUT2D eigenvalue weighted by Gasteiger charge is 2.33. The van der Waals surface area contributed by atoms with Crippen molar-refractivity contribution in [1.29, 1.82) is 5.41 Å². The van der Waals surface area contributed by atoms with Gasteiger partial charge in [-0.2, -0.15) is 0 Å². The second kappa shape index (κ2) is 25.2. The van der Waals surface area contributed by atoms with Crippen LogP contribution in [0.1, 0.15) is 73.6 Å². The first-order chi connectivity index (χ1) is 26.3. The first-order valence-electron chi connectivity index (χ1n) is 17.9. The van der Waals surface area contributed by atoms with Crippen LogP contribution in [0.2, 0.25) is 0 Å². The Bertz CT molecular complexity index is 1490. The lowest BCUT2D eigenvalue weighted by Crippen LogP contribution is -2.59. The van der Waals surface area contributed by atoms with E-state index in [1.54, 1.807) is 27.7 Å². The maximum absolute atomic E-state index is 13.4. The summed E-state index contributed by atoms with van der Waals surface area (Å²) in [5.41, 5.74) is 10.7. The predicted octanol–water partition coefficient (Wildman–Crippen LogP) is -4.62. The summed E-state index contributed by atoms with van der Waals surface area (Å²) in [6.45, 7) is 8.65. The molecule has 0 saturated carbocycles. The van der Waals surface area contributed by atoms with E-state index in [2.05, 4.69) is 37.2 Å². The molecule has 0 rings (SSSR count). The second-order valence-corrected chi connectivity index (χ2v) is 13.9. The van der Waals surface area contributed by atoms with E-state index in [1.807, 2.05) is 5.32 Å². The fourth-order valence-corrected chi connectivity index (χ4v) is 4.83. The maximum Gasteiger partial charge on any atom is 0.326 e. The first kappa shape index (κ1) is 50.9. The number of guanidine groups is 1. The van der Waals surface area contributed by atoms with Crippen LogP contribution in [-0.4, -0.2) is 136 Å². The quantitative estimate of drug-likeness (QED) is 0.0222. The minimum atomic E-state index is -1.84. The molecule has 0 radical (unpaired) electrons. The highest BCUT2D eigenvalue weighted by molar-refractivity contribution is 5.98. The van der Waals surface area contributed by atoms with Crippen molar-refractivity contribution in [2.45, 2.75) is 116 Å². The van der Waals surface area contributed by atoms with Crippen LogP contribution >= 0.6 is 0 Å². The summed E-state index contributed by atoms with van der Waals surface area (Å²) in [5.74, 6) is -12.0. The molecule has 57 heavy (non-hydrogen) atoms. The van der Waals surface area contributed by atoms with E-state index >= 15 is 0 Å². The summed E-state index contributed by atoms with van der Waals surface area (Å²) in [4.78, 5) is 124. The molecule has 0 aliphatic carbocycles. The third kappa shape index (κ3) is 21.0. The topological polar surface area (TPSA) is 404 Å². The lowest BCUT2D eigenvalue weighted by Gasteiger charge is -2.27. The zero-order valence-electron chi connectivity index (χ0n) is 32.7. The van der Waals surface area contributed by atoms with Crippen LogP contribution in [0.25, 0.3) is 0 Å². The van der Waals surface area contributed by atoms with E-state index in [0.717, 1.165) is 0 Å². The summed E-state index contributed by atoms with van der Waals surface area (Å²) in [7, 11) is 0. The van der Waals surface area contributed by atoms with E-state index in [4.69, 9.17) is 22.0 Å². The fourth-order valence-electron chi connectivity index (χ4n) is 4.83. The second-order valence-electron chi connectivity index (χ2n) is 13.9. The Morgan fingerprint density at radius 2 is 1.09 bits per heavy atom. The number of aliphatic carboxylic acids is 3. The van der Waals surface area contributed by atoms with Crippen molar-refractivity contribution >= 4 is 65.2 Å². The van der Waals surface area contributed by atoms with Gasteiger partial charge >= 0.3 is 17.9 Å². The van der Waals surface area contributed by atoms with Gasteiger partial charge in [0.05, 0.1) is 25.4 Å². The molecule has 7 atom stereocenters. The Morgan fingerprint density at radius 3 is 1.54 bits per heavy atom. The van der Waals surface area contributed by atoms with Gasteiger partial charge in [-0.15, -0.1) is 0 Å². The van der Waals surface area contributed by atoms with E-state index in [1.165, 1.54) is 13.8 Å². The number of amides is 7. The Labute approximate surface area is 328 Å². The van der Waals surface area contributed by atoms with Crippen molar-refractivity contribution in [1.82, 2.24) is 42.5 Å². The zero-order chi connectivity index (χ0) is 44.2. The van der Waals surface area contributed by atoms with Gasteiger partial charge in [0, 0.05) is 6.54 Å². The van der Waals surface area contributed by atoms with E-state index in [0.29, 0.717) is 0 Å². The number of rotatable bonds is 26. The van der Waals surface area contributed by atoms with Crippen LogP contribution in [0, 0.1) is 17.2 Å². The molecule has 7 amide bonds. The number of hydrogen-bond acceptors (Lipinski definition) is 12. The molecule has 0 bridgehead atoms. The Balaban J connectivity index is 5.60. The minimum Gasteiger partial charge on any atom is -0.481 e. The van der Waals surface area contributed by atoms with E-state index < -0.39 is 127 Å². The zero-order valence-corrected chi connectivity index (χ0v) is 32.7. The third-order valence-corrected chi connectivity index (χ3v) is 7.82. The number of carbonyl (C=O) groups excluding carboxylic acids is 7. The smallest absolute Gasteiger partial charge is 0.326 e. The highest BCUT2D eigenvalue weighted by atomic mass is 16.4. The summed E-state index contributed by atoms with van der Waals surface area (Å²) in [6.07, 6.45) is -1.61. The maximum atomic E-state index is 13.4. The van der Waals surface area contributed by atoms with E-state index in [-0.39, 0.29) is 37.7 Å². The van der Waals surface area contributed by atoms with Crippen molar-refractivity contribution in [3.63, 3.8) is 0 Å². The van der Waals surface area contributed by atoms with Gasteiger partial charge < -0.3 is 69.3 Å². The SMILES string of the molecule is CC(C)C[C@H](NC(=O)CNC(=O)[C@H](C)NC(=O)[C@H](CC(=O)O)NC(=O)[C@H](CC(=O)O)NC(=O)[C@H](C)N)C(=O)N[C@H](C(=O)N[C@@H](CCCNC(=N)N)C(=O)O)C(C)C. The Hall–Kier alpha value is -6.07. The summed E-state index contributed by atoms with van der Waals surface area (Å²) in [6, 6.07) is -9.87. The highest BCUT2D eigenvalue weighted by Crippen LogP contribution is 2.09. The Morgan fingerprint density at radius 1 is 0.596 bits per heavy atom. The van der Waals surface area contributed by atoms with Crippen molar-refractivity contribution < 1.29 is 63.3 Å². The number of carboxylic acid groups (broad SMARTS) is 3. The number of carbonyl (C=O) groups is 10. The number of nitrogens with one attached hydrogen (secondary N) is 9. The standard InChI is InChI=1S/C33H57N11O13/c1-14(2)10-19(30(54)44-25(15(3)4)31(55)41-18(32(56)57)8-7-9-37-33(35)36)40-22(45)13-38-27(51)17(6)39-28(52)20(11-23(46)47)43-29(53)21(12-24(48)49)42-26(50)16(5)34/h14-21,25H,7-13,34H2,1-6H3,(H,38,51)(H,39,52)(H,40,45)(H,41,55)(H,42,50)(H,43,53)(H,44,54)(H,46,47)(H,48,49)(H,56,57)(H4,35,36,37)/t16-,17-,18-,19-,20-,21-,25-/m0/s1. The lowest BCUT2D eigenvalue weighted by atomic mass is 9.99. The molecule has 0 fully saturated rings. The molecule has 0 aliphatic rings. The molecule has 0 aliphatic heterocycles. The molecule has 322 valence electrons. The predicted molar refractivity (Wildman–Crippen MR) is 200 cm³/mol. The van der Waals surface area contributed by atoms with Gasteiger partial charge in [0.15, 0.2) is 5.96 Å². The van der Waals surface area contributed by atoms with Crippen LogP contribution in [0.4, 0.5) is 0 Å². The van der Waals surface area contributed by atoms with Gasteiger partial charge in [-0.3, -0.25) is 48.6 Å². The van der Waals surface area contributed by atoms with Gasteiger partial charge in [-0.1, -0.05) is 27.7 Å². The normalized spacial score (nSPS) is 14.5. The number of hydrogen-bond donors (Lipinski definition) is 14. The van der Waals surface area contributed by atoms with Gasteiger partial charge in [0.25, 0.3) is 0 Å². The van der Waals surface area contributed by atoms with Crippen LogP contribution in [0.15, 0.2) is 0 Å². The third-order valence-electron chi connectivity index (χ3n) is 7.82. The van der Waals surface area contributed by atoms with Crippen molar-refractivity contribution in [2.75, 3.05) is 13.1 Å².